The first-order valence-corrected chi connectivity index (χ1v) is 9.79. The number of aromatic nitrogens is 2. The van der Waals surface area contributed by atoms with E-state index in [1.54, 1.807) is 12.1 Å². The molecule has 0 aliphatic heterocycles. The van der Waals surface area contributed by atoms with Crippen molar-refractivity contribution in [3.05, 3.63) is 77.6 Å². The summed E-state index contributed by atoms with van der Waals surface area (Å²) in [5.74, 6) is 0.480. The minimum atomic E-state index is -4.41. The summed E-state index contributed by atoms with van der Waals surface area (Å²) in [6.07, 6.45) is -1.31. The number of hydrogen-bond acceptors (Lipinski definition) is 4. The van der Waals surface area contributed by atoms with Gasteiger partial charge in [0.1, 0.15) is 5.82 Å². The van der Waals surface area contributed by atoms with E-state index in [1.165, 1.54) is 12.3 Å². The van der Waals surface area contributed by atoms with E-state index in [1.807, 2.05) is 24.3 Å². The first-order valence-electron chi connectivity index (χ1n) is 9.79. The van der Waals surface area contributed by atoms with E-state index in [9.17, 15) is 18.0 Å². The number of carbonyl (C=O) groups excluding carboxylic acids is 1. The number of hydrogen-bond donors (Lipinski definition) is 2. The third-order valence-electron chi connectivity index (χ3n) is 4.78. The molecule has 0 bridgehead atoms. The van der Waals surface area contributed by atoms with Crippen LogP contribution in [0.2, 0.25) is 0 Å². The van der Waals surface area contributed by atoms with Gasteiger partial charge in [0.2, 0.25) is 5.91 Å². The average molecular weight is 428 g/mol. The SMILES string of the molecule is CC(C)CC(Nc1ccc(C(N)=O)cn1)c1ccc(-c2ccc(C(F)(F)F)cn2)cc1. The van der Waals surface area contributed by atoms with Gasteiger partial charge in [0.15, 0.2) is 0 Å². The molecule has 0 aliphatic carbocycles. The maximum atomic E-state index is 12.7. The van der Waals surface area contributed by atoms with Crippen molar-refractivity contribution in [1.82, 2.24) is 9.97 Å². The highest BCUT2D eigenvalue weighted by atomic mass is 19.4. The Balaban J connectivity index is 1.79. The van der Waals surface area contributed by atoms with Gasteiger partial charge in [-0.2, -0.15) is 13.2 Å². The van der Waals surface area contributed by atoms with Crippen LogP contribution in [-0.2, 0) is 6.18 Å². The van der Waals surface area contributed by atoms with Crippen molar-refractivity contribution in [3.63, 3.8) is 0 Å². The molecule has 0 saturated carbocycles. The molecule has 1 atom stereocenters. The molecule has 1 aromatic carbocycles. The Kier molecular flexibility index (Phi) is 6.58. The molecule has 0 fully saturated rings. The van der Waals surface area contributed by atoms with Crippen LogP contribution in [0.25, 0.3) is 11.3 Å². The Bertz CT molecular complexity index is 1010. The Labute approximate surface area is 178 Å². The fourth-order valence-corrected chi connectivity index (χ4v) is 3.17. The third kappa shape index (κ3) is 5.81. The number of benzene rings is 1. The highest BCUT2D eigenvalue weighted by molar-refractivity contribution is 5.92. The van der Waals surface area contributed by atoms with Gasteiger partial charge < -0.3 is 11.1 Å². The van der Waals surface area contributed by atoms with Crippen LogP contribution in [0, 0.1) is 5.92 Å². The number of nitrogens with one attached hydrogen (secondary N) is 1. The molecule has 0 aliphatic rings. The number of carbonyl (C=O) groups is 1. The topological polar surface area (TPSA) is 80.9 Å². The lowest BCUT2D eigenvalue weighted by atomic mass is 9.95. The number of rotatable bonds is 7. The van der Waals surface area contributed by atoms with Crippen LogP contribution in [0.5, 0.6) is 0 Å². The van der Waals surface area contributed by atoms with E-state index >= 15 is 0 Å². The first kappa shape index (κ1) is 22.3. The molecule has 3 N–H and O–H groups in total. The van der Waals surface area contributed by atoms with E-state index in [2.05, 4.69) is 29.1 Å². The Morgan fingerprint density at radius 1 is 1.00 bits per heavy atom. The molecule has 3 rings (SSSR count). The van der Waals surface area contributed by atoms with Crippen LogP contribution in [0.1, 0.15) is 47.8 Å². The second-order valence-electron chi connectivity index (χ2n) is 7.67. The quantitative estimate of drug-likeness (QED) is 0.524. The molecule has 2 aromatic heterocycles. The Morgan fingerprint density at radius 3 is 2.19 bits per heavy atom. The lowest BCUT2D eigenvalue weighted by molar-refractivity contribution is -0.137. The summed E-state index contributed by atoms with van der Waals surface area (Å²) >= 11 is 0. The molecular weight excluding hydrogens is 405 g/mol. The number of nitrogens with two attached hydrogens (primary N) is 1. The highest BCUT2D eigenvalue weighted by Gasteiger charge is 2.30. The van der Waals surface area contributed by atoms with Crippen LogP contribution < -0.4 is 11.1 Å². The van der Waals surface area contributed by atoms with Crippen LogP contribution in [0.15, 0.2) is 60.9 Å². The van der Waals surface area contributed by atoms with Gasteiger partial charge in [0, 0.05) is 18.0 Å². The molecule has 0 saturated heterocycles. The fraction of sp³-hybridized carbons (Fsp3) is 0.261. The lowest BCUT2D eigenvalue weighted by Gasteiger charge is -2.22. The fourth-order valence-electron chi connectivity index (χ4n) is 3.17. The van der Waals surface area contributed by atoms with Crippen molar-refractivity contribution in [2.24, 2.45) is 11.7 Å². The normalized spacial score (nSPS) is 12.6. The van der Waals surface area contributed by atoms with Gasteiger partial charge in [0.25, 0.3) is 0 Å². The summed E-state index contributed by atoms with van der Waals surface area (Å²) in [5, 5.41) is 3.37. The Morgan fingerprint density at radius 2 is 1.71 bits per heavy atom. The molecule has 8 heteroatoms. The maximum Gasteiger partial charge on any atom is 0.417 e. The molecule has 31 heavy (non-hydrogen) atoms. The number of primary amides is 1. The minimum absolute atomic E-state index is 0.0402. The predicted molar refractivity (Wildman–Crippen MR) is 113 cm³/mol. The van der Waals surface area contributed by atoms with Crippen molar-refractivity contribution in [2.75, 3.05) is 5.32 Å². The van der Waals surface area contributed by atoms with Gasteiger partial charge in [-0.05, 0) is 42.2 Å². The van der Waals surface area contributed by atoms with Gasteiger partial charge >= 0.3 is 6.18 Å². The molecular formula is C23H23F3N4O. The summed E-state index contributed by atoms with van der Waals surface area (Å²) in [6.45, 7) is 4.22. The number of halogens is 3. The van der Waals surface area contributed by atoms with Crippen LogP contribution in [0.4, 0.5) is 19.0 Å². The molecule has 1 unspecified atom stereocenters. The molecule has 0 radical (unpaired) electrons. The predicted octanol–water partition coefficient (Wildman–Crippen LogP) is 5.46. The van der Waals surface area contributed by atoms with E-state index in [0.717, 1.165) is 29.8 Å². The second kappa shape index (κ2) is 9.16. The third-order valence-corrected chi connectivity index (χ3v) is 4.78. The standard InChI is InChI=1S/C23H23F3N4O/c1-14(2)11-20(30-21-10-7-17(12-29-21)22(27)31)16-5-3-15(4-6-16)19-9-8-18(13-28-19)23(24,25)26/h3-10,12-14,20H,11H2,1-2H3,(H2,27,31)(H,29,30). The summed E-state index contributed by atoms with van der Waals surface area (Å²) < 4.78 is 38.2. The molecule has 1 amide bonds. The summed E-state index contributed by atoms with van der Waals surface area (Å²) in [5.41, 5.74) is 7.01. The van der Waals surface area contributed by atoms with E-state index in [-0.39, 0.29) is 6.04 Å². The van der Waals surface area contributed by atoms with Crippen molar-refractivity contribution in [3.8, 4) is 11.3 Å². The maximum absolute atomic E-state index is 12.7. The number of alkyl halides is 3. The number of pyridine rings is 2. The van der Waals surface area contributed by atoms with Crippen molar-refractivity contribution in [1.29, 1.82) is 0 Å². The van der Waals surface area contributed by atoms with Crippen LogP contribution in [0.3, 0.4) is 0 Å². The van der Waals surface area contributed by atoms with Gasteiger partial charge in [-0.3, -0.25) is 9.78 Å². The van der Waals surface area contributed by atoms with Gasteiger partial charge in [-0.15, -0.1) is 0 Å². The summed E-state index contributed by atoms with van der Waals surface area (Å²) in [7, 11) is 0. The number of amides is 1. The minimum Gasteiger partial charge on any atom is -0.366 e. The zero-order valence-corrected chi connectivity index (χ0v) is 17.1. The molecule has 3 aromatic rings. The summed E-state index contributed by atoms with van der Waals surface area (Å²) in [6, 6.07) is 13.2. The molecule has 162 valence electrons. The van der Waals surface area contributed by atoms with Gasteiger partial charge in [-0.1, -0.05) is 38.1 Å². The highest BCUT2D eigenvalue weighted by Crippen LogP contribution is 2.31. The zero-order chi connectivity index (χ0) is 22.6. The smallest absolute Gasteiger partial charge is 0.366 e. The zero-order valence-electron chi connectivity index (χ0n) is 17.1. The van der Waals surface area contributed by atoms with Crippen molar-refractivity contribution >= 4 is 11.7 Å². The first-order chi connectivity index (χ1) is 14.6. The van der Waals surface area contributed by atoms with Crippen LogP contribution >= 0.6 is 0 Å². The molecule has 0 spiro atoms. The average Bonchev–Trinajstić information content (AvgIpc) is 2.73. The molecule has 5 nitrogen and oxygen atoms in total. The van der Waals surface area contributed by atoms with Crippen molar-refractivity contribution in [2.45, 2.75) is 32.5 Å². The number of nitrogens with zero attached hydrogens (tertiary/aromatic N) is 2. The van der Waals surface area contributed by atoms with Crippen molar-refractivity contribution < 1.29 is 18.0 Å². The molecule has 2 heterocycles. The monoisotopic (exact) mass is 428 g/mol. The number of anilines is 1. The van der Waals surface area contributed by atoms with E-state index < -0.39 is 17.6 Å². The van der Waals surface area contributed by atoms with Gasteiger partial charge in [0.05, 0.1) is 22.9 Å². The van der Waals surface area contributed by atoms with Crippen LogP contribution in [-0.4, -0.2) is 15.9 Å². The van der Waals surface area contributed by atoms with E-state index in [0.29, 0.717) is 23.0 Å². The second-order valence-corrected chi connectivity index (χ2v) is 7.67. The Hall–Kier alpha value is -3.42. The largest absolute Gasteiger partial charge is 0.417 e. The lowest BCUT2D eigenvalue weighted by Crippen LogP contribution is -2.15. The summed E-state index contributed by atoms with van der Waals surface area (Å²) in [4.78, 5) is 19.4. The van der Waals surface area contributed by atoms with E-state index in [4.69, 9.17) is 5.73 Å². The van der Waals surface area contributed by atoms with Gasteiger partial charge in [-0.25, -0.2) is 4.98 Å².